The second-order valence-corrected chi connectivity index (χ2v) is 8.69. The maximum absolute atomic E-state index is 14.1. The third-order valence-corrected chi connectivity index (χ3v) is 6.75. The van der Waals surface area contributed by atoms with Crippen LogP contribution < -0.4 is 5.32 Å². The first-order valence-electron chi connectivity index (χ1n) is 9.33. The van der Waals surface area contributed by atoms with E-state index in [1.165, 1.54) is 4.31 Å². The number of likely N-dealkylation sites (tertiary alicyclic amines) is 1. The van der Waals surface area contributed by atoms with Crippen molar-refractivity contribution in [3.05, 3.63) is 29.6 Å². The number of carbonyl (C=O) groups excluding carboxylic acids is 2. The van der Waals surface area contributed by atoms with Crippen LogP contribution in [0.5, 0.6) is 0 Å². The van der Waals surface area contributed by atoms with E-state index in [1.54, 1.807) is 4.90 Å². The lowest BCUT2D eigenvalue weighted by atomic mass is 10.2. The fraction of sp³-hybridized carbons (Fsp3) is 0.556. The monoisotopic (exact) mass is 413 g/mol. The molecule has 0 bridgehead atoms. The molecule has 2 fully saturated rings. The first-order valence-corrected chi connectivity index (χ1v) is 10.8. The van der Waals surface area contributed by atoms with E-state index in [0.29, 0.717) is 32.6 Å². The topological polar surface area (TPSA) is 96.0 Å². The van der Waals surface area contributed by atoms with E-state index >= 15 is 0 Å². The molecule has 8 nitrogen and oxygen atoms in total. The fourth-order valence-corrected chi connectivity index (χ4v) is 4.72. The number of carbonyl (C=O) groups is 2. The van der Waals surface area contributed by atoms with Crippen molar-refractivity contribution in [2.75, 3.05) is 45.9 Å². The molecular weight excluding hydrogens is 389 g/mol. The third kappa shape index (κ3) is 4.68. The van der Waals surface area contributed by atoms with Crippen LogP contribution in [-0.4, -0.2) is 75.4 Å². The van der Waals surface area contributed by atoms with Gasteiger partial charge >= 0.3 is 0 Å². The first kappa shape index (κ1) is 20.7. The lowest BCUT2D eigenvalue weighted by Gasteiger charge is -2.26. The molecule has 3 rings (SSSR count). The standard InChI is InChI=1S/C18H24FN3O5S/c19-16-5-4-14(28(25,26)22-9-11-27-12-10-22)13-15(16)18(24)20-6-2-8-21-7-1-3-17(21)23/h4-5,13H,1-3,6-12H2,(H,20,24). The van der Waals surface area contributed by atoms with E-state index in [0.717, 1.165) is 31.2 Å². The Morgan fingerprint density at radius 2 is 1.96 bits per heavy atom. The molecule has 154 valence electrons. The number of nitrogens with zero attached hydrogens (tertiary/aromatic N) is 2. The number of halogens is 1. The lowest BCUT2D eigenvalue weighted by molar-refractivity contribution is -0.127. The van der Waals surface area contributed by atoms with Crippen LogP contribution in [0.4, 0.5) is 4.39 Å². The summed E-state index contributed by atoms with van der Waals surface area (Å²) in [6.45, 7) is 2.56. The second-order valence-electron chi connectivity index (χ2n) is 6.75. The van der Waals surface area contributed by atoms with Crippen LogP contribution in [0.3, 0.4) is 0 Å². The zero-order valence-electron chi connectivity index (χ0n) is 15.5. The average molecular weight is 413 g/mol. The minimum absolute atomic E-state index is 0.110. The van der Waals surface area contributed by atoms with Crippen LogP contribution in [0.15, 0.2) is 23.1 Å². The van der Waals surface area contributed by atoms with Crippen LogP contribution in [0.2, 0.25) is 0 Å². The number of nitrogens with one attached hydrogen (secondary N) is 1. The Labute approximate surface area is 163 Å². The normalized spacial score (nSPS) is 18.5. The molecule has 0 unspecified atom stereocenters. The van der Waals surface area contributed by atoms with Gasteiger partial charge in [-0.05, 0) is 31.0 Å². The number of ether oxygens (including phenoxy) is 1. The van der Waals surface area contributed by atoms with Gasteiger partial charge in [0.15, 0.2) is 0 Å². The van der Waals surface area contributed by atoms with Crippen molar-refractivity contribution in [3.8, 4) is 0 Å². The van der Waals surface area contributed by atoms with Gasteiger partial charge in [-0.25, -0.2) is 12.8 Å². The van der Waals surface area contributed by atoms with E-state index in [1.807, 2.05) is 0 Å². The zero-order chi connectivity index (χ0) is 20.1. The largest absolute Gasteiger partial charge is 0.379 e. The van der Waals surface area contributed by atoms with Crippen molar-refractivity contribution in [1.29, 1.82) is 0 Å². The van der Waals surface area contributed by atoms with Crippen LogP contribution in [0, 0.1) is 5.82 Å². The van der Waals surface area contributed by atoms with Crippen molar-refractivity contribution >= 4 is 21.8 Å². The predicted molar refractivity (Wildman–Crippen MR) is 98.7 cm³/mol. The van der Waals surface area contributed by atoms with Crippen molar-refractivity contribution in [2.45, 2.75) is 24.2 Å². The highest BCUT2D eigenvalue weighted by molar-refractivity contribution is 7.89. The molecule has 0 radical (unpaired) electrons. The summed E-state index contributed by atoms with van der Waals surface area (Å²) >= 11 is 0. The van der Waals surface area contributed by atoms with Crippen LogP contribution in [0.25, 0.3) is 0 Å². The van der Waals surface area contributed by atoms with Gasteiger partial charge in [0.1, 0.15) is 5.82 Å². The van der Waals surface area contributed by atoms with E-state index in [2.05, 4.69) is 5.32 Å². The summed E-state index contributed by atoms with van der Waals surface area (Å²) in [5.74, 6) is -1.35. The zero-order valence-corrected chi connectivity index (χ0v) is 16.3. The van der Waals surface area contributed by atoms with Crippen molar-refractivity contribution in [2.24, 2.45) is 0 Å². The number of rotatable bonds is 7. The highest BCUT2D eigenvalue weighted by atomic mass is 32.2. The van der Waals surface area contributed by atoms with Crippen molar-refractivity contribution < 1.29 is 27.1 Å². The summed E-state index contributed by atoms with van der Waals surface area (Å²) in [6.07, 6.45) is 1.95. The molecule has 1 aromatic carbocycles. The minimum atomic E-state index is -3.81. The molecule has 0 atom stereocenters. The van der Waals surface area contributed by atoms with Gasteiger partial charge in [0.05, 0.1) is 23.7 Å². The molecule has 2 heterocycles. The minimum Gasteiger partial charge on any atom is -0.379 e. The fourth-order valence-electron chi connectivity index (χ4n) is 3.28. The molecule has 0 aromatic heterocycles. The molecule has 28 heavy (non-hydrogen) atoms. The van der Waals surface area contributed by atoms with Gasteiger partial charge in [-0.15, -0.1) is 0 Å². The quantitative estimate of drug-likeness (QED) is 0.660. The summed E-state index contributed by atoms with van der Waals surface area (Å²) in [5.41, 5.74) is -0.313. The number of hydrogen-bond acceptors (Lipinski definition) is 5. The van der Waals surface area contributed by atoms with Crippen LogP contribution in [-0.2, 0) is 19.6 Å². The van der Waals surface area contributed by atoms with E-state index in [9.17, 15) is 22.4 Å². The van der Waals surface area contributed by atoms with Gasteiger partial charge in [-0.2, -0.15) is 4.31 Å². The van der Waals surface area contributed by atoms with Gasteiger partial charge in [0.2, 0.25) is 15.9 Å². The lowest BCUT2D eigenvalue weighted by Crippen LogP contribution is -2.40. The molecule has 1 N–H and O–H groups in total. The molecule has 1 aromatic rings. The Morgan fingerprint density at radius 1 is 1.21 bits per heavy atom. The van der Waals surface area contributed by atoms with Gasteiger partial charge in [-0.3, -0.25) is 9.59 Å². The summed E-state index contributed by atoms with van der Waals surface area (Å²) in [6, 6.07) is 3.22. The highest BCUT2D eigenvalue weighted by Gasteiger charge is 2.28. The number of benzene rings is 1. The van der Waals surface area contributed by atoms with Crippen molar-refractivity contribution in [1.82, 2.24) is 14.5 Å². The van der Waals surface area contributed by atoms with Gasteiger partial charge in [0.25, 0.3) is 5.91 Å². The highest BCUT2D eigenvalue weighted by Crippen LogP contribution is 2.20. The Kier molecular flexibility index (Phi) is 6.63. The van der Waals surface area contributed by atoms with Gasteiger partial charge in [0, 0.05) is 39.1 Å². The molecule has 0 spiro atoms. The van der Waals surface area contributed by atoms with Gasteiger partial charge in [-0.1, -0.05) is 0 Å². The second kappa shape index (κ2) is 8.97. The maximum Gasteiger partial charge on any atom is 0.254 e. The molecule has 0 aliphatic carbocycles. The van der Waals surface area contributed by atoms with Crippen LogP contribution in [0.1, 0.15) is 29.6 Å². The summed E-state index contributed by atoms with van der Waals surface area (Å²) in [7, 11) is -3.81. The third-order valence-electron chi connectivity index (χ3n) is 4.85. The maximum atomic E-state index is 14.1. The Bertz CT molecular complexity index is 840. The summed E-state index contributed by atoms with van der Waals surface area (Å²) < 4.78 is 45.9. The number of amides is 2. The molecule has 2 saturated heterocycles. The average Bonchev–Trinajstić information content (AvgIpc) is 3.10. The number of sulfonamides is 1. The van der Waals surface area contributed by atoms with E-state index in [-0.39, 0.29) is 36.0 Å². The molecule has 2 amide bonds. The molecular formula is C18H24FN3O5S. The summed E-state index contributed by atoms with van der Waals surface area (Å²) in [4.78, 5) is 25.5. The smallest absolute Gasteiger partial charge is 0.254 e. The number of hydrogen-bond donors (Lipinski definition) is 1. The number of morpholine rings is 1. The molecule has 0 saturated carbocycles. The van der Waals surface area contributed by atoms with E-state index < -0.39 is 21.7 Å². The Hall–Kier alpha value is -2.04. The Morgan fingerprint density at radius 3 is 2.64 bits per heavy atom. The van der Waals surface area contributed by atoms with Crippen molar-refractivity contribution in [3.63, 3.8) is 0 Å². The first-order chi connectivity index (χ1) is 13.4. The van der Waals surface area contributed by atoms with Gasteiger partial charge < -0.3 is 15.0 Å². The SMILES string of the molecule is O=C(NCCCN1CCCC1=O)c1cc(S(=O)(=O)N2CCOCC2)ccc1F. The van der Waals surface area contributed by atoms with E-state index in [4.69, 9.17) is 4.74 Å². The predicted octanol–water partition coefficient (Wildman–Crippen LogP) is 0.589. The molecule has 10 heteroatoms. The molecule has 2 aliphatic rings. The molecule has 2 aliphatic heterocycles. The van der Waals surface area contributed by atoms with Crippen LogP contribution >= 0.6 is 0 Å². The Balaban J connectivity index is 1.62. The summed E-state index contributed by atoms with van der Waals surface area (Å²) in [5, 5.41) is 2.59.